The van der Waals surface area contributed by atoms with Crippen molar-refractivity contribution in [2.45, 2.75) is 27.2 Å². The molecule has 1 rings (SSSR count). The molecule has 14 heavy (non-hydrogen) atoms. The van der Waals surface area contributed by atoms with Crippen molar-refractivity contribution < 1.29 is 0 Å². The highest BCUT2D eigenvalue weighted by Crippen LogP contribution is 2.17. The Bertz CT molecular complexity index is 273. The van der Waals surface area contributed by atoms with E-state index >= 15 is 0 Å². The van der Waals surface area contributed by atoms with Crippen LogP contribution in [0.5, 0.6) is 0 Å². The van der Waals surface area contributed by atoms with E-state index in [1.807, 2.05) is 0 Å². The molecule has 0 spiro atoms. The van der Waals surface area contributed by atoms with Gasteiger partial charge in [0.2, 0.25) is 5.95 Å². The molecule has 1 aromatic heterocycles. The molecule has 0 radical (unpaired) electrons. The third kappa shape index (κ3) is 4.07. The zero-order valence-corrected chi connectivity index (χ0v) is 9.04. The summed E-state index contributed by atoms with van der Waals surface area (Å²) in [6.07, 6.45) is 4.29. The predicted octanol–water partition coefficient (Wildman–Crippen LogP) is 1.91. The molecule has 1 aromatic rings. The van der Waals surface area contributed by atoms with E-state index in [2.05, 4.69) is 36.1 Å². The van der Waals surface area contributed by atoms with Crippen LogP contribution in [0.1, 0.15) is 27.2 Å². The molecular formula is C10H18N4. The van der Waals surface area contributed by atoms with E-state index in [-0.39, 0.29) is 0 Å². The Morgan fingerprint density at radius 2 is 1.86 bits per heavy atom. The maximum Gasteiger partial charge on any atom is 0.222 e. The molecule has 0 amide bonds. The highest BCUT2D eigenvalue weighted by Gasteiger charge is 2.09. The van der Waals surface area contributed by atoms with Gasteiger partial charge >= 0.3 is 0 Å². The van der Waals surface area contributed by atoms with Crippen molar-refractivity contribution >= 4 is 11.6 Å². The molecule has 0 aliphatic heterocycles. The molecule has 0 saturated carbocycles. The van der Waals surface area contributed by atoms with E-state index in [4.69, 9.17) is 5.73 Å². The molecule has 4 nitrogen and oxygen atoms in total. The van der Waals surface area contributed by atoms with Gasteiger partial charge in [-0.15, -0.1) is 0 Å². The highest BCUT2D eigenvalue weighted by atomic mass is 15.1. The van der Waals surface area contributed by atoms with Crippen molar-refractivity contribution in [2.75, 3.05) is 17.6 Å². The molecule has 0 atom stereocenters. The number of nitrogens with two attached hydrogens (primary N) is 1. The van der Waals surface area contributed by atoms with Gasteiger partial charge in [0.15, 0.2) is 0 Å². The summed E-state index contributed by atoms with van der Waals surface area (Å²) >= 11 is 0. The number of hydrogen-bond donors (Lipinski definition) is 2. The van der Waals surface area contributed by atoms with E-state index in [1.165, 1.54) is 0 Å². The fraction of sp³-hybridized carbons (Fsp3) is 0.600. The molecule has 78 valence electrons. The normalized spacial score (nSPS) is 11.4. The van der Waals surface area contributed by atoms with Crippen LogP contribution in [-0.4, -0.2) is 16.5 Å². The van der Waals surface area contributed by atoms with E-state index in [0.29, 0.717) is 17.1 Å². The summed E-state index contributed by atoms with van der Waals surface area (Å²) in [5.41, 5.74) is 6.40. The molecule has 0 fully saturated rings. The summed E-state index contributed by atoms with van der Waals surface area (Å²) in [5, 5.41) is 3.15. The Balaban J connectivity index is 2.35. The van der Waals surface area contributed by atoms with Gasteiger partial charge in [-0.05, 0) is 11.8 Å². The SMILES string of the molecule is CC(C)(C)CCNc1ncc(N)cn1. The average molecular weight is 194 g/mol. The number of anilines is 2. The molecule has 0 unspecified atom stereocenters. The Labute approximate surface area is 85.0 Å². The van der Waals surface area contributed by atoms with Gasteiger partial charge in [-0.25, -0.2) is 9.97 Å². The monoisotopic (exact) mass is 194 g/mol. The lowest BCUT2D eigenvalue weighted by molar-refractivity contribution is 0.389. The molecule has 0 aliphatic carbocycles. The van der Waals surface area contributed by atoms with Gasteiger partial charge in [0.05, 0.1) is 18.1 Å². The number of aromatic nitrogens is 2. The number of nitrogens with one attached hydrogen (secondary N) is 1. The lowest BCUT2D eigenvalue weighted by Gasteiger charge is -2.17. The molecule has 3 N–H and O–H groups in total. The Kier molecular flexibility index (Phi) is 3.28. The topological polar surface area (TPSA) is 63.8 Å². The zero-order valence-electron chi connectivity index (χ0n) is 9.04. The van der Waals surface area contributed by atoms with Gasteiger partial charge in [-0.1, -0.05) is 20.8 Å². The van der Waals surface area contributed by atoms with Crippen molar-refractivity contribution in [1.82, 2.24) is 9.97 Å². The second-order valence-corrected chi connectivity index (χ2v) is 4.58. The van der Waals surface area contributed by atoms with Gasteiger partial charge in [-0.3, -0.25) is 0 Å². The molecule has 0 aliphatic rings. The van der Waals surface area contributed by atoms with Crippen molar-refractivity contribution in [1.29, 1.82) is 0 Å². The van der Waals surface area contributed by atoms with Gasteiger partial charge in [0.1, 0.15) is 0 Å². The average Bonchev–Trinajstić information content (AvgIpc) is 2.06. The number of nitrogen functional groups attached to an aromatic ring is 1. The third-order valence-electron chi connectivity index (χ3n) is 1.83. The fourth-order valence-electron chi connectivity index (χ4n) is 0.979. The van der Waals surface area contributed by atoms with Crippen LogP contribution in [0.2, 0.25) is 0 Å². The van der Waals surface area contributed by atoms with E-state index < -0.39 is 0 Å². The standard InChI is InChI=1S/C10H18N4/c1-10(2,3)4-5-12-9-13-6-8(11)7-14-9/h6-7H,4-5,11H2,1-3H3,(H,12,13,14). The van der Waals surface area contributed by atoms with Crippen LogP contribution >= 0.6 is 0 Å². The highest BCUT2D eigenvalue weighted by molar-refractivity contribution is 5.35. The summed E-state index contributed by atoms with van der Waals surface area (Å²) in [6, 6.07) is 0. The molecule has 4 heteroatoms. The quantitative estimate of drug-likeness (QED) is 0.771. The lowest BCUT2D eigenvalue weighted by Crippen LogP contribution is -2.14. The molecule has 0 saturated heterocycles. The van der Waals surface area contributed by atoms with E-state index in [1.54, 1.807) is 12.4 Å². The fourth-order valence-corrected chi connectivity index (χ4v) is 0.979. The number of rotatable bonds is 3. The molecule has 0 bridgehead atoms. The van der Waals surface area contributed by atoms with Gasteiger partial charge in [-0.2, -0.15) is 0 Å². The smallest absolute Gasteiger partial charge is 0.222 e. The maximum absolute atomic E-state index is 5.47. The Morgan fingerprint density at radius 1 is 1.29 bits per heavy atom. The minimum absolute atomic E-state index is 0.334. The summed E-state index contributed by atoms with van der Waals surface area (Å²) in [4.78, 5) is 8.10. The van der Waals surface area contributed by atoms with Crippen LogP contribution in [-0.2, 0) is 0 Å². The van der Waals surface area contributed by atoms with Crippen LogP contribution < -0.4 is 11.1 Å². The Hall–Kier alpha value is -1.32. The van der Waals surface area contributed by atoms with Crippen molar-refractivity contribution in [2.24, 2.45) is 5.41 Å². The van der Waals surface area contributed by atoms with Crippen molar-refractivity contribution in [3.05, 3.63) is 12.4 Å². The maximum atomic E-state index is 5.47. The van der Waals surface area contributed by atoms with Crippen LogP contribution in [0.25, 0.3) is 0 Å². The second kappa shape index (κ2) is 4.26. The summed E-state index contributed by atoms with van der Waals surface area (Å²) in [5.74, 6) is 0.642. The molecule has 0 aromatic carbocycles. The van der Waals surface area contributed by atoms with Crippen molar-refractivity contribution in [3.8, 4) is 0 Å². The van der Waals surface area contributed by atoms with Crippen LogP contribution in [0.4, 0.5) is 11.6 Å². The first-order valence-electron chi connectivity index (χ1n) is 4.79. The number of hydrogen-bond acceptors (Lipinski definition) is 4. The first-order valence-corrected chi connectivity index (χ1v) is 4.79. The Morgan fingerprint density at radius 3 is 2.36 bits per heavy atom. The van der Waals surface area contributed by atoms with Crippen LogP contribution in [0, 0.1) is 5.41 Å². The molecule has 1 heterocycles. The minimum Gasteiger partial charge on any atom is -0.396 e. The zero-order chi connectivity index (χ0) is 10.6. The summed E-state index contributed by atoms with van der Waals surface area (Å²) in [6.45, 7) is 7.50. The van der Waals surface area contributed by atoms with Gasteiger partial charge < -0.3 is 11.1 Å². The largest absolute Gasteiger partial charge is 0.396 e. The summed E-state index contributed by atoms with van der Waals surface area (Å²) in [7, 11) is 0. The van der Waals surface area contributed by atoms with Crippen LogP contribution in [0.3, 0.4) is 0 Å². The number of nitrogens with zero attached hydrogens (tertiary/aromatic N) is 2. The second-order valence-electron chi connectivity index (χ2n) is 4.58. The van der Waals surface area contributed by atoms with E-state index in [0.717, 1.165) is 13.0 Å². The van der Waals surface area contributed by atoms with Crippen LogP contribution in [0.15, 0.2) is 12.4 Å². The first kappa shape index (κ1) is 10.8. The van der Waals surface area contributed by atoms with E-state index in [9.17, 15) is 0 Å². The lowest BCUT2D eigenvalue weighted by atomic mass is 9.92. The van der Waals surface area contributed by atoms with Gasteiger partial charge in [0, 0.05) is 6.54 Å². The third-order valence-corrected chi connectivity index (χ3v) is 1.83. The van der Waals surface area contributed by atoms with Crippen molar-refractivity contribution in [3.63, 3.8) is 0 Å². The minimum atomic E-state index is 0.334. The predicted molar refractivity (Wildman–Crippen MR) is 59.0 cm³/mol. The first-order chi connectivity index (χ1) is 6.47. The summed E-state index contributed by atoms with van der Waals surface area (Å²) < 4.78 is 0. The van der Waals surface area contributed by atoms with Gasteiger partial charge in [0.25, 0.3) is 0 Å². The molecular weight excluding hydrogens is 176 g/mol.